The maximum atomic E-state index is 13.0. The lowest BCUT2D eigenvalue weighted by molar-refractivity contribution is 0.628. The number of halogens is 2. The van der Waals surface area contributed by atoms with E-state index in [4.69, 9.17) is 11.6 Å². The van der Waals surface area contributed by atoms with Crippen molar-refractivity contribution >= 4 is 23.0 Å². The zero-order chi connectivity index (χ0) is 13.8. The van der Waals surface area contributed by atoms with Gasteiger partial charge in [0, 0.05) is 17.3 Å². The summed E-state index contributed by atoms with van der Waals surface area (Å²) in [5.41, 5.74) is 2.10. The average Bonchev–Trinajstić information content (AvgIpc) is 2.43. The molecule has 0 aliphatic carbocycles. The first-order valence-electron chi connectivity index (χ1n) is 5.88. The van der Waals surface area contributed by atoms with E-state index in [-0.39, 0.29) is 5.82 Å². The Balaban J connectivity index is 2.48. The predicted molar refractivity (Wildman–Crippen MR) is 75.2 cm³/mol. The number of nitriles is 1. The predicted octanol–water partition coefficient (Wildman–Crippen LogP) is 4.51. The average molecular weight is 275 g/mol. The molecule has 19 heavy (non-hydrogen) atoms. The third-order valence-corrected chi connectivity index (χ3v) is 3.06. The number of hydrogen-bond donors (Lipinski definition) is 0. The van der Waals surface area contributed by atoms with Gasteiger partial charge in [-0.2, -0.15) is 5.26 Å². The van der Waals surface area contributed by atoms with E-state index in [1.165, 1.54) is 12.1 Å². The fraction of sp³-hybridized carbons (Fsp3) is 0.133. The van der Waals surface area contributed by atoms with E-state index in [0.29, 0.717) is 17.1 Å². The molecule has 0 heterocycles. The van der Waals surface area contributed by atoms with Gasteiger partial charge in [0.2, 0.25) is 0 Å². The Bertz CT molecular complexity index is 617. The van der Waals surface area contributed by atoms with Gasteiger partial charge < -0.3 is 4.90 Å². The Kier molecular flexibility index (Phi) is 4.03. The summed E-state index contributed by atoms with van der Waals surface area (Å²) < 4.78 is 13.0. The largest absolute Gasteiger partial charge is 0.341 e. The highest BCUT2D eigenvalue weighted by Gasteiger charge is 2.12. The Morgan fingerprint density at radius 2 is 1.89 bits per heavy atom. The summed E-state index contributed by atoms with van der Waals surface area (Å²) in [6, 6.07) is 13.5. The van der Waals surface area contributed by atoms with Crippen molar-refractivity contribution in [2.75, 3.05) is 11.4 Å². The minimum absolute atomic E-state index is 0.281. The summed E-state index contributed by atoms with van der Waals surface area (Å²) in [6.45, 7) is 2.64. The van der Waals surface area contributed by atoms with Crippen LogP contribution in [0.5, 0.6) is 0 Å². The second kappa shape index (κ2) is 5.73. The first-order valence-corrected chi connectivity index (χ1v) is 6.26. The van der Waals surface area contributed by atoms with E-state index in [9.17, 15) is 9.65 Å². The first-order chi connectivity index (χ1) is 9.15. The van der Waals surface area contributed by atoms with E-state index < -0.39 is 0 Å². The highest BCUT2D eigenvalue weighted by Crippen LogP contribution is 2.30. The van der Waals surface area contributed by atoms with Crippen molar-refractivity contribution in [2.45, 2.75) is 6.92 Å². The number of anilines is 2. The molecule has 0 aromatic heterocycles. The van der Waals surface area contributed by atoms with Crippen molar-refractivity contribution < 1.29 is 4.39 Å². The van der Waals surface area contributed by atoms with Crippen molar-refractivity contribution in [1.82, 2.24) is 0 Å². The standard InChI is InChI=1S/C15H12ClFN2/c1-2-19(14-6-4-13(17)5-7-14)15-8-3-12(16)9-11(15)10-18/h3-9H,2H2,1H3. The van der Waals surface area contributed by atoms with Crippen LogP contribution in [-0.4, -0.2) is 6.54 Å². The van der Waals surface area contributed by atoms with Crippen molar-refractivity contribution in [3.8, 4) is 6.07 Å². The molecule has 0 atom stereocenters. The topological polar surface area (TPSA) is 27.0 Å². The molecule has 0 bridgehead atoms. The summed E-state index contributed by atoms with van der Waals surface area (Å²) in [4.78, 5) is 1.94. The Hall–Kier alpha value is -2.05. The van der Waals surface area contributed by atoms with E-state index in [1.807, 2.05) is 11.8 Å². The highest BCUT2D eigenvalue weighted by molar-refractivity contribution is 6.30. The van der Waals surface area contributed by atoms with Crippen molar-refractivity contribution in [3.05, 3.63) is 58.9 Å². The molecule has 96 valence electrons. The number of rotatable bonds is 3. The van der Waals surface area contributed by atoms with Gasteiger partial charge in [0.15, 0.2) is 0 Å². The Morgan fingerprint density at radius 3 is 2.47 bits per heavy atom. The van der Waals surface area contributed by atoms with Crippen LogP contribution in [0.1, 0.15) is 12.5 Å². The molecule has 0 N–H and O–H groups in total. The molecule has 2 rings (SSSR count). The molecular weight excluding hydrogens is 263 g/mol. The highest BCUT2D eigenvalue weighted by atomic mass is 35.5. The summed E-state index contributed by atoms with van der Waals surface area (Å²) in [5, 5.41) is 9.71. The van der Waals surface area contributed by atoms with Crippen LogP contribution in [0.25, 0.3) is 0 Å². The first kappa shape index (κ1) is 13.4. The fourth-order valence-electron chi connectivity index (χ4n) is 1.95. The molecular formula is C15H12ClFN2. The van der Waals surface area contributed by atoms with Crippen LogP contribution in [-0.2, 0) is 0 Å². The fourth-order valence-corrected chi connectivity index (χ4v) is 2.12. The van der Waals surface area contributed by atoms with Gasteiger partial charge in [-0.1, -0.05) is 11.6 Å². The van der Waals surface area contributed by atoms with Gasteiger partial charge in [-0.05, 0) is 49.4 Å². The van der Waals surface area contributed by atoms with E-state index in [1.54, 1.807) is 30.3 Å². The maximum absolute atomic E-state index is 13.0. The van der Waals surface area contributed by atoms with E-state index >= 15 is 0 Å². The maximum Gasteiger partial charge on any atom is 0.123 e. The van der Waals surface area contributed by atoms with E-state index in [0.717, 1.165) is 11.4 Å². The van der Waals surface area contributed by atoms with Gasteiger partial charge in [0.25, 0.3) is 0 Å². The Morgan fingerprint density at radius 1 is 1.21 bits per heavy atom. The van der Waals surface area contributed by atoms with Gasteiger partial charge in [-0.3, -0.25) is 0 Å². The lowest BCUT2D eigenvalue weighted by atomic mass is 10.1. The molecule has 0 spiro atoms. The molecule has 0 amide bonds. The molecule has 0 aliphatic rings. The minimum Gasteiger partial charge on any atom is -0.341 e. The zero-order valence-electron chi connectivity index (χ0n) is 10.4. The number of benzene rings is 2. The SMILES string of the molecule is CCN(c1ccc(F)cc1)c1ccc(Cl)cc1C#N. The van der Waals surface area contributed by atoms with Gasteiger partial charge in [0.05, 0.1) is 11.3 Å². The number of nitrogens with zero attached hydrogens (tertiary/aromatic N) is 2. The van der Waals surface area contributed by atoms with Crippen molar-refractivity contribution in [3.63, 3.8) is 0 Å². The van der Waals surface area contributed by atoms with Crippen LogP contribution in [0.15, 0.2) is 42.5 Å². The number of hydrogen-bond acceptors (Lipinski definition) is 2. The zero-order valence-corrected chi connectivity index (χ0v) is 11.2. The quantitative estimate of drug-likeness (QED) is 0.823. The van der Waals surface area contributed by atoms with Gasteiger partial charge in [0.1, 0.15) is 11.9 Å². The van der Waals surface area contributed by atoms with Crippen LogP contribution in [0.3, 0.4) is 0 Å². The Labute approximate surface area is 116 Å². The summed E-state index contributed by atoms with van der Waals surface area (Å²) in [6.07, 6.45) is 0. The molecule has 0 fully saturated rings. The molecule has 2 aromatic rings. The summed E-state index contributed by atoms with van der Waals surface area (Å²) >= 11 is 5.89. The molecule has 0 radical (unpaired) electrons. The third kappa shape index (κ3) is 2.86. The van der Waals surface area contributed by atoms with Gasteiger partial charge >= 0.3 is 0 Å². The second-order valence-corrected chi connectivity index (χ2v) is 4.43. The smallest absolute Gasteiger partial charge is 0.123 e. The van der Waals surface area contributed by atoms with Crippen molar-refractivity contribution in [2.24, 2.45) is 0 Å². The molecule has 0 saturated heterocycles. The van der Waals surface area contributed by atoms with Crippen LogP contribution >= 0.6 is 11.6 Å². The molecule has 0 saturated carbocycles. The molecule has 4 heteroatoms. The molecule has 2 aromatic carbocycles. The van der Waals surface area contributed by atoms with Crippen LogP contribution in [0, 0.1) is 17.1 Å². The second-order valence-electron chi connectivity index (χ2n) is 3.99. The monoisotopic (exact) mass is 274 g/mol. The third-order valence-electron chi connectivity index (χ3n) is 2.82. The lowest BCUT2D eigenvalue weighted by Gasteiger charge is -2.24. The van der Waals surface area contributed by atoms with Gasteiger partial charge in [-0.15, -0.1) is 0 Å². The normalized spacial score (nSPS) is 10.0. The lowest BCUT2D eigenvalue weighted by Crippen LogP contribution is -2.17. The minimum atomic E-state index is -0.281. The van der Waals surface area contributed by atoms with Crippen molar-refractivity contribution in [1.29, 1.82) is 5.26 Å². The van der Waals surface area contributed by atoms with E-state index in [2.05, 4.69) is 6.07 Å². The van der Waals surface area contributed by atoms with Crippen LogP contribution in [0.2, 0.25) is 5.02 Å². The molecule has 0 aliphatic heterocycles. The summed E-state index contributed by atoms with van der Waals surface area (Å²) in [5.74, 6) is -0.281. The molecule has 0 unspecified atom stereocenters. The van der Waals surface area contributed by atoms with Crippen LogP contribution in [0.4, 0.5) is 15.8 Å². The van der Waals surface area contributed by atoms with Crippen LogP contribution < -0.4 is 4.90 Å². The van der Waals surface area contributed by atoms with Gasteiger partial charge in [-0.25, -0.2) is 4.39 Å². The summed E-state index contributed by atoms with van der Waals surface area (Å²) in [7, 11) is 0. The molecule has 2 nitrogen and oxygen atoms in total.